The highest BCUT2D eigenvalue weighted by Crippen LogP contribution is 2.28. The van der Waals surface area contributed by atoms with Crippen molar-refractivity contribution in [3.8, 4) is 5.75 Å². The van der Waals surface area contributed by atoms with Crippen LogP contribution in [0.3, 0.4) is 0 Å². The first kappa shape index (κ1) is 31.4. The van der Waals surface area contributed by atoms with E-state index < -0.39 is 58.2 Å². The zero-order valence-corrected chi connectivity index (χ0v) is 23.4. The molecule has 2 aliphatic rings. The molecule has 0 bridgehead atoms. The van der Waals surface area contributed by atoms with Crippen LogP contribution < -0.4 is 27.3 Å². The van der Waals surface area contributed by atoms with E-state index in [2.05, 4.69) is 5.32 Å². The van der Waals surface area contributed by atoms with Crippen LogP contribution in [0.15, 0.2) is 65.4 Å². The number of nitrogens with one attached hydrogen (secondary N) is 2. The summed E-state index contributed by atoms with van der Waals surface area (Å²) in [6, 6.07) is 4.50. The third-order valence-corrected chi connectivity index (χ3v) is 7.94. The van der Waals surface area contributed by atoms with Crippen LogP contribution in [0.4, 0.5) is 4.39 Å². The summed E-state index contributed by atoms with van der Waals surface area (Å²) in [5.41, 5.74) is 17.1. The van der Waals surface area contributed by atoms with Gasteiger partial charge < -0.3 is 27.3 Å². The Labute approximate surface area is 241 Å². The molecule has 12 nitrogen and oxygen atoms in total. The summed E-state index contributed by atoms with van der Waals surface area (Å²) in [4.78, 5) is 36.1. The van der Waals surface area contributed by atoms with Crippen molar-refractivity contribution in [1.29, 1.82) is 5.41 Å². The van der Waals surface area contributed by atoms with Gasteiger partial charge in [-0.1, -0.05) is 30.4 Å². The monoisotopic (exact) mass is 608 g/mol. The molecule has 0 aliphatic heterocycles. The predicted octanol–water partition coefficient (Wildman–Crippen LogP) is 0.614. The number of carbonyl (C=O) groups excluding carboxylic acids is 3. The molecule has 0 fully saturated rings. The Morgan fingerprint density at radius 1 is 1.17 bits per heavy atom. The number of halogens is 2. The lowest BCUT2D eigenvalue weighted by Gasteiger charge is -2.29. The molecule has 0 radical (unpaired) electrons. The van der Waals surface area contributed by atoms with Gasteiger partial charge in [-0.05, 0) is 23.8 Å². The summed E-state index contributed by atoms with van der Waals surface area (Å²) in [5.74, 6) is -2.95. The van der Waals surface area contributed by atoms with Crippen LogP contribution in [0.5, 0.6) is 5.75 Å². The van der Waals surface area contributed by atoms with E-state index in [1.165, 1.54) is 42.5 Å². The fraction of sp³-hybridized carbons (Fsp3) is 0.308. The molecule has 15 heteroatoms. The lowest BCUT2D eigenvalue weighted by atomic mass is 10.0. The minimum absolute atomic E-state index is 0.0245. The summed E-state index contributed by atoms with van der Waals surface area (Å²) < 4.78 is 46.6. The minimum atomic E-state index is -4.22. The van der Waals surface area contributed by atoms with Gasteiger partial charge in [-0.3, -0.25) is 24.1 Å². The summed E-state index contributed by atoms with van der Waals surface area (Å²) >= 11 is 6.35. The molecule has 3 amide bonds. The predicted molar refractivity (Wildman–Crippen MR) is 151 cm³/mol. The molecule has 0 saturated heterocycles. The zero-order chi connectivity index (χ0) is 30.3. The van der Waals surface area contributed by atoms with Gasteiger partial charge in [0.2, 0.25) is 15.9 Å². The number of nitrogen functional groups attached to an aromatic ring is 1. The van der Waals surface area contributed by atoms with Crippen molar-refractivity contribution < 1.29 is 31.9 Å². The first-order chi connectivity index (χ1) is 19.2. The van der Waals surface area contributed by atoms with Crippen LogP contribution in [0.1, 0.15) is 24.0 Å². The van der Waals surface area contributed by atoms with Crippen LogP contribution in [0.2, 0.25) is 0 Å². The second-order valence-corrected chi connectivity index (χ2v) is 11.7. The number of nitrogens with two attached hydrogens (primary N) is 3. The minimum Gasteiger partial charge on any atom is -0.483 e. The van der Waals surface area contributed by atoms with Crippen molar-refractivity contribution in [3.05, 3.63) is 76.5 Å². The van der Waals surface area contributed by atoms with Crippen molar-refractivity contribution in [1.82, 2.24) is 9.62 Å². The van der Waals surface area contributed by atoms with Gasteiger partial charge in [0.1, 0.15) is 24.3 Å². The molecular weight excluding hydrogens is 579 g/mol. The number of ether oxygens (including phenoxy) is 1. The van der Waals surface area contributed by atoms with E-state index in [1.54, 1.807) is 6.07 Å². The second kappa shape index (κ2) is 13.5. The molecule has 2 aliphatic carbocycles. The van der Waals surface area contributed by atoms with E-state index in [-0.39, 0.29) is 47.8 Å². The third-order valence-electron chi connectivity index (χ3n) is 5.93. The normalized spacial score (nSPS) is 18.4. The van der Waals surface area contributed by atoms with E-state index >= 15 is 0 Å². The number of sulfonamides is 1. The van der Waals surface area contributed by atoms with Crippen LogP contribution in [0, 0.1) is 5.41 Å². The molecular formula is C26H30ClFN6O6S. The van der Waals surface area contributed by atoms with Gasteiger partial charge in [0.15, 0.2) is 6.61 Å². The first-order valence-corrected chi connectivity index (χ1v) is 14.3. The second-order valence-electron chi connectivity index (χ2n) is 9.28. The summed E-state index contributed by atoms with van der Waals surface area (Å²) in [5, 5.41) is 9.47. The number of rotatable bonds is 13. The average molecular weight is 609 g/mol. The Morgan fingerprint density at radius 3 is 2.54 bits per heavy atom. The molecule has 8 N–H and O–H groups in total. The standard InChI is InChI=1S/C26H30ClFN6O6S/c27-19-7-18(26(37)33-11-17-5-4-16(25(31)32)9-22(17)40-13-24(30)36)8-21(10-19)34(12-23(29)35)41(38,39)14-15-2-1-3-20(28)6-15/h1-2,4-9,19-20H,3,10-14H2,(H2,29,35)(H2,30,36)(H3,31,32)(H,33,37). The first-order valence-electron chi connectivity index (χ1n) is 12.3. The number of amides is 3. The molecule has 41 heavy (non-hydrogen) atoms. The Morgan fingerprint density at radius 2 is 1.90 bits per heavy atom. The number of hydrogen-bond acceptors (Lipinski definition) is 7. The van der Waals surface area contributed by atoms with Crippen molar-refractivity contribution >= 4 is 45.2 Å². The maximum Gasteiger partial charge on any atom is 0.255 e. The third kappa shape index (κ3) is 8.91. The van der Waals surface area contributed by atoms with E-state index in [9.17, 15) is 27.2 Å². The van der Waals surface area contributed by atoms with Gasteiger partial charge in [0, 0.05) is 41.8 Å². The zero-order valence-electron chi connectivity index (χ0n) is 21.8. The summed E-state index contributed by atoms with van der Waals surface area (Å²) in [7, 11) is -4.22. The SMILES string of the molecule is N=C(N)c1ccc(CNC(=O)C2=CC(Cl)CC(N(CC(N)=O)S(=O)(=O)CC3=CC(F)CC=C3)=C2)c(OCC(N)=O)c1. The topological polar surface area (TPSA) is 212 Å². The van der Waals surface area contributed by atoms with Crippen LogP contribution in [-0.2, 0) is 31.0 Å². The highest BCUT2D eigenvalue weighted by molar-refractivity contribution is 7.89. The Kier molecular flexibility index (Phi) is 10.3. The summed E-state index contributed by atoms with van der Waals surface area (Å²) in [6.07, 6.45) is 5.72. The molecule has 0 saturated carbocycles. The Hall–Kier alpha value is -4.17. The average Bonchev–Trinajstić information content (AvgIpc) is 2.88. The van der Waals surface area contributed by atoms with Gasteiger partial charge in [0.25, 0.3) is 11.8 Å². The van der Waals surface area contributed by atoms with Crippen molar-refractivity contribution in [2.45, 2.75) is 30.9 Å². The quantitative estimate of drug-likeness (QED) is 0.122. The molecule has 0 heterocycles. The van der Waals surface area contributed by atoms with Crippen LogP contribution in [-0.4, -0.2) is 66.7 Å². The lowest BCUT2D eigenvalue weighted by molar-refractivity contribution is -0.120. The summed E-state index contributed by atoms with van der Waals surface area (Å²) in [6.45, 7) is -1.24. The Balaban J connectivity index is 1.83. The van der Waals surface area contributed by atoms with E-state index in [1.807, 2.05) is 0 Å². The van der Waals surface area contributed by atoms with Gasteiger partial charge >= 0.3 is 0 Å². The number of hydrogen-bond donors (Lipinski definition) is 5. The van der Waals surface area contributed by atoms with Crippen molar-refractivity contribution in [2.75, 3.05) is 18.9 Å². The number of alkyl halides is 2. The molecule has 1 aromatic carbocycles. The smallest absolute Gasteiger partial charge is 0.255 e. The lowest BCUT2D eigenvalue weighted by Crippen LogP contribution is -2.41. The molecule has 2 unspecified atom stereocenters. The van der Waals surface area contributed by atoms with Gasteiger partial charge in [-0.25, -0.2) is 12.8 Å². The number of carbonyl (C=O) groups is 3. The molecule has 0 aromatic heterocycles. The highest BCUT2D eigenvalue weighted by Gasteiger charge is 2.31. The van der Waals surface area contributed by atoms with Crippen LogP contribution in [0.25, 0.3) is 0 Å². The number of amidine groups is 1. The van der Waals surface area contributed by atoms with Gasteiger partial charge in [-0.2, -0.15) is 0 Å². The Bertz CT molecular complexity index is 1470. The molecule has 3 rings (SSSR count). The van der Waals surface area contributed by atoms with E-state index in [0.29, 0.717) is 11.1 Å². The number of nitrogens with zero attached hydrogens (tertiary/aromatic N) is 1. The fourth-order valence-corrected chi connectivity index (χ4v) is 5.97. The maximum atomic E-state index is 13.8. The van der Waals surface area contributed by atoms with Gasteiger partial charge in [-0.15, -0.1) is 11.6 Å². The number of benzene rings is 1. The maximum absolute atomic E-state index is 13.8. The molecule has 1 aromatic rings. The molecule has 0 spiro atoms. The molecule has 2 atom stereocenters. The number of allylic oxidation sites excluding steroid dienone is 5. The van der Waals surface area contributed by atoms with Crippen molar-refractivity contribution in [3.63, 3.8) is 0 Å². The molecule has 220 valence electrons. The van der Waals surface area contributed by atoms with Crippen LogP contribution >= 0.6 is 11.6 Å². The van der Waals surface area contributed by atoms with E-state index in [4.69, 9.17) is 38.9 Å². The number of primary amides is 2. The largest absolute Gasteiger partial charge is 0.483 e. The van der Waals surface area contributed by atoms with Crippen molar-refractivity contribution in [2.24, 2.45) is 17.2 Å². The fourth-order valence-electron chi connectivity index (χ4n) is 4.09. The highest BCUT2D eigenvalue weighted by atomic mass is 35.5. The van der Waals surface area contributed by atoms with Gasteiger partial charge in [0.05, 0.1) is 11.1 Å². The van der Waals surface area contributed by atoms with E-state index in [0.717, 1.165) is 4.31 Å².